The molecule has 0 aliphatic rings. The number of benzene rings is 2. The van der Waals surface area contributed by atoms with E-state index in [-0.39, 0.29) is 5.69 Å². The molecule has 2 rings (SSSR count). The molecule has 0 spiro atoms. The molecule has 0 unspecified atom stereocenters. The summed E-state index contributed by atoms with van der Waals surface area (Å²) in [5, 5.41) is 13.6. The average molecular weight is 258 g/mol. The number of anilines is 1. The van der Waals surface area contributed by atoms with E-state index in [2.05, 4.69) is 5.32 Å². The minimum absolute atomic E-state index is 0.0890. The van der Waals surface area contributed by atoms with Crippen LogP contribution in [0, 0.1) is 10.1 Å². The van der Waals surface area contributed by atoms with Crippen molar-refractivity contribution in [3.63, 3.8) is 0 Å². The van der Waals surface area contributed by atoms with Crippen molar-refractivity contribution in [3.8, 4) is 5.75 Å². The molecule has 0 atom stereocenters. The predicted molar refractivity (Wildman–Crippen MR) is 73.5 cm³/mol. The van der Waals surface area contributed by atoms with Crippen LogP contribution < -0.4 is 10.1 Å². The Balaban J connectivity index is 1.75. The normalized spacial score (nSPS) is 9.89. The Morgan fingerprint density at radius 3 is 2.37 bits per heavy atom. The molecule has 0 saturated heterocycles. The van der Waals surface area contributed by atoms with E-state index in [0.29, 0.717) is 13.2 Å². The number of non-ortho nitro benzene ring substituents is 1. The van der Waals surface area contributed by atoms with E-state index >= 15 is 0 Å². The highest BCUT2D eigenvalue weighted by Crippen LogP contribution is 2.15. The standard InChI is InChI=1S/C14H14N2O3/c17-16(18)13-8-6-12(7-9-13)15-10-11-19-14-4-2-1-3-5-14/h1-9,15H,10-11H2. The molecule has 19 heavy (non-hydrogen) atoms. The summed E-state index contributed by atoms with van der Waals surface area (Å²) >= 11 is 0. The van der Waals surface area contributed by atoms with Gasteiger partial charge in [0, 0.05) is 24.4 Å². The van der Waals surface area contributed by atoms with Crippen molar-refractivity contribution < 1.29 is 9.66 Å². The van der Waals surface area contributed by atoms with Gasteiger partial charge >= 0.3 is 0 Å². The topological polar surface area (TPSA) is 64.4 Å². The van der Waals surface area contributed by atoms with Crippen LogP contribution in [-0.2, 0) is 0 Å². The van der Waals surface area contributed by atoms with Gasteiger partial charge in [-0.1, -0.05) is 18.2 Å². The minimum atomic E-state index is -0.414. The highest BCUT2D eigenvalue weighted by Gasteiger charge is 2.03. The van der Waals surface area contributed by atoms with E-state index in [1.807, 2.05) is 30.3 Å². The van der Waals surface area contributed by atoms with Gasteiger partial charge in [-0.2, -0.15) is 0 Å². The van der Waals surface area contributed by atoms with E-state index in [9.17, 15) is 10.1 Å². The van der Waals surface area contributed by atoms with Crippen molar-refractivity contribution >= 4 is 11.4 Å². The summed E-state index contributed by atoms with van der Waals surface area (Å²) in [5.41, 5.74) is 0.924. The van der Waals surface area contributed by atoms with Crippen molar-refractivity contribution in [1.29, 1.82) is 0 Å². The molecule has 2 aromatic rings. The minimum Gasteiger partial charge on any atom is -0.492 e. The van der Waals surface area contributed by atoms with Crippen molar-refractivity contribution in [2.75, 3.05) is 18.5 Å². The smallest absolute Gasteiger partial charge is 0.269 e. The zero-order valence-electron chi connectivity index (χ0n) is 10.3. The van der Waals surface area contributed by atoms with Gasteiger partial charge in [-0.25, -0.2) is 0 Å². The van der Waals surface area contributed by atoms with Gasteiger partial charge in [0.2, 0.25) is 0 Å². The first-order chi connectivity index (χ1) is 9.25. The van der Waals surface area contributed by atoms with Crippen LogP contribution in [0.3, 0.4) is 0 Å². The summed E-state index contributed by atoms with van der Waals surface area (Å²) < 4.78 is 5.52. The van der Waals surface area contributed by atoms with Gasteiger partial charge in [0.15, 0.2) is 0 Å². The molecule has 0 radical (unpaired) electrons. The molecule has 1 N–H and O–H groups in total. The fourth-order valence-corrected chi connectivity index (χ4v) is 1.58. The molecule has 0 aromatic heterocycles. The third kappa shape index (κ3) is 3.99. The summed E-state index contributed by atoms with van der Waals surface area (Å²) in [4.78, 5) is 10.1. The number of hydrogen-bond acceptors (Lipinski definition) is 4. The largest absolute Gasteiger partial charge is 0.492 e. The van der Waals surface area contributed by atoms with Crippen LogP contribution in [0.15, 0.2) is 54.6 Å². The van der Waals surface area contributed by atoms with E-state index in [1.54, 1.807) is 12.1 Å². The molecule has 0 amide bonds. The highest BCUT2D eigenvalue weighted by molar-refractivity contribution is 5.48. The molecule has 98 valence electrons. The van der Waals surface area contributed by atoms with Gasteiger partial charge in [0.25, 0.3) is 5.69 Å². The lowest BCUT2D eigenvalue weighted by molar-refractivity contribution is -0.384. The van der Waals surface area contributed by atoms with Gasteiger partial charge in [-0.15, -0.1) is 0 Å². The highest BCUT2D eigenvalue weighted by atomic mass is 16.6. The average Bonchev–Trinajstić information content (AvgIpc) is 2.45. The second-order valence-electron chi connectivity index (χ2n) is 3.89. The number of nitro groups is 1. The predicted octanol–water partition coefficient (Wildman–Crippen LogP) is 3.09. The first-order valence-corrected chi connectivity index (χ1v) is 5.92. The van der Waals surface area contributed by atoms with Crippen LogP contribution >= 0.6 is 0 Å². The Morgan fingerprint density at radius 2 is 1.74 bits per heavy atom. The van der Waals surface area contributed by atoms with Gasteiger partial charge < -0.3 is 10.1 Å². The summed E-state index contributed by atoms with van der Waals surface area (Å²) in [5.74, 6) is 0.827. The third-order valence-electron chi connectivity index (χ3n) is 2.52. The second kappa shape index (κ2) is 6.39. The Labute approximate surface area is 111 Å². The molecule has 0 saturated carbocycles. The van der Waals surface area contributed by atoms with Crippen molar-refractivity contribution in [2.45, 2.75) is 0 Å². The summed E-state index contributed by atoms with van der Waals surface area (Å²) in [7, 11) is 0. The molecular weight excluding hydrogens is 244 g/mol. The van der Waals surface area contributed by atoms with Crippen LogP contribution in [0.5, 0.6) is 5.75 Å². The molecule has 0 bridgehead atoms. The molecule has 0 aliphatic heterocycles. The maximum atomic E-state index is 10.5. The van der Waals surface area contributed by atoms with Crippen LogP contribution in [0.2, 0.25) is 0 Å². The number of nitrogens with one attached hydrogen (secondary N) is 1. The van der Waals surface area contributed by atoms with Crippen molar-refractivity contribution in [1.82, 2.24) is 0 Å². The lowest BCUT2D eigenvalue weighted by Crippen LogP contribution is -2.11. The lowest BCUT2D eigenvalue weighted by Gasteiger charge is -2.08. The molecular formula is C14H14N2O3. The first kappa shape index (κ1) is 12.9. The van der Waals surface area contributed by atoms with Gasteiger partial charge in [-0.3, -0.25) is 10.1 Å². The molecule has 5 nitrogen and oxygen atoms in total. The number of nitrogens with zero attached hydrogens (tertiary/aromatic N) is 1. The monoisotopic (exact) mass is 258 g/mol. The van der Waals surface area contributed by atoms with E-state index in [0.717, 1.165) is 11.4 Å². The second-order valence-corrected chi connectivity index (χ2v) is 3.89. The van der Waals surface area contributed by atoms with E-state index in [1.165, 1.54) is 12.1 Å². The Hall–Kier alpha value is -2.56. The molecule has 5 heteroatoms. The Bertz CT molecular complexity index is 526. The van der Waals surface area contributed by atoms with Crippen molar-refractivity contribution in [3.05, 3.63) is 64.7 Å². The molecule has 0 heterocycles. The van der Waals surface area contributed by atoms with Crippen LogP contribution in [0.4, 0.5) is 11.4 Å². The van der Waals surface area contributed by atoms with Gasteiger partial charge in [-0.05, 0) is 24.3 Å². The molecule has 0 aliphatic carbocycles. The quantitative estimate of drug-likeness (QED) is 0.491. The third-order valence-corrected chi connectivity index (χ3v) is 2.52. The zero-order valence-corrected chi connectivity index (χ0v) is 10.3. The fraction of sp³-hybridized carbons (Fsp3) is 0.143. The SMILES string of the molecule is O=[N+]([O-])c1ccc(NCCOc2ccccc2)cc1. The molecule has 0 fully saturated rings. The number of ether oxygens (including phenoxy) is 1. The number of nitro benzene ring substituents is 1. The van der Waals surface area contributed by atoms with E-state index < -0.39 is 4.92 Å². The van der Waals surface area contributed by atoms with Crippen molar-refractivity contribution in [2.24, 2.45) is 0 Å². The van der Waals surface area contributed by atoms with Gasteiger partial charge in [0.1, 0.15) is 12.4 Å². The number of hydrogen-bond donors (Lipinski definition) is 1. The molecule has 2 aromatic carbocycles. The van der Waals surface area contributed by atoms with Crippen LogP contribution in [0.1, 0.15) is 0 Å². The Kier molecular flexibility index (Phi) is 4.34. The summed E-state index contributed by atoms with van der Waals surface area (Å²) in [6.45, 7) is 1.16. The maximum Gasteiger partial charge on any atom is 0.269 e. The van der Waals surface area contributed by atoms with Crippen LogP contribution in [0.25, 0.3) is 0 Å². The lowest BCUT2D eigenvalue weighted by atomic mass is 10.3. The first-order valence-electron chi connectivity index (χ1n) is 5.92. The van der Waals surface area contributed by atoms with Crippen LogP contribution in [-0.4, -0.2) is 18.1 Å². The number of para-hydroxylation sites is 1. The zero-order chi connectivity index (χ0) is 13.5. The fourth-order valence-electron chi connectivity index (χ4n) is 1.58. The summed E-state index contributed by atoms with van der Waals surface area (Å²) in [6, 6.07) is 15.9. The maximum absolute atomic E-state index is 10.5. The summed E-state index contributed by atoms with van der Waals surface area (Å²) in [6.07, 6.45) is 0. The number of rotatable bonds is 6. The van der Waals surface area contributed by atoms with Gasteiger partial charge in [0.05, 0.1) is 4.92 Å². The Morgan fingerprint density at radius 1 is 1.05 bits per heavy atom. The van der Waals surface area contributed by atoms with E-state index in [4.69, 9.17) is 4.74 Å².